The van der Waals surface area contributed by atoms with E-state index in [1.807, 2.05) is 13.1 Å². The van der Waals surface area contributed by atoms with Crippen LogP contribution in [0.2, 0.25) is 0 Å². The first-order chi connectivity index (χ1) is 12.2. The van der Waals surface area contributed by atoms with Gasteiger partial charge < -0.3 is 19.3 Å². The molecule has 1 amide bonds. The molecule has 0 radical (unpaired) electrons. The largest absolute Gasteiger partial charge is 0.454 e. The average Bonchev–Trinajstić information content (AvgIpc) is 3.38. The predicted molar refractivity (Wildman–Crippen MR) is 84.9 cm³/mol. The molecule has 9 nitrogen and oxygen atoms in total. The van der Waals surface area contributed by atoms with Gasteiger partial charge in [0.25, 0.3) is 5.91 Å². The number of aromatic nitrogens is 4. The first-order valence-corrected chi connectivity index (χ1v) is 7.76. The number of aryl methyl sites for hydroxylation is 1. The fraction of sp³-hybridized carbons (Fsp3) is 0.250. The fourth-order valence-electron chi connectivity index (χ4n) is 2.39. The third kappa shape index (κ3) is 3.03. The summed E-state index contributed by atoms with van der Waals surface area (Å²) in [5.74, 6) is 1.67. The van der Waals surface area contributed by atoms with Gasteiger partial charge in [-0.3, -0.25) is 9.48 Å². The van der Waals surface area contributed by atoms with Gasteiger partial charge in [0.2, 0.25) is 18.5 Å². The molecule has 4 rings (SSSR count). The SMILES string of the molecule is CCn1cc(-c2noc(CNC(=O)c3ccc4c(c3)OCO4)n2)cn1. The van der Waals surface area contributed by atoms with E-state index in [0.717, 1.165) is 12.1 Å². The highest BCUT2D eigenvalue weighted by molar-refractivity contribution is 5.94. The van der Waals surface area contributed by atoms with E-state index < -0.39 is 0 Å². The minimum Gasteiger partial charge on any atom is -0.454 e. The third-order valence-corrected chi connectivity index (χ3v) is 3.72. The Morgan fingerprint density at radius 1 is 1.32 bits per heavy atom. The fourth-order valence-corrected chi connectivity index (χ4v) is 2.39. The van der Waals surface area contributed by atoms with Crippen LogP contribution in [0.4, 0.5) is 0 Å². The van der Waals surface area contributed by atoms with Crippen LogP contribution in [0.15, 0.2) is 35.1 Å². The summed E-state index contributed by atoms with van der Waals surface area (Å²) in [6.45, 7) is 3.04. The molecule has 9 heteroatoms. The number of nitrogens with one attached hydrogen (secondary N) is 1. The first kappa shape index (κ1) is 15.2. The van der Waals surface area contributed by atoms with E-state index in [1.54, 1.807) is 29.1 Å². The maximum absolute atomic E-state index is 12.2. The lowest BCUT2D eigenvalue weighted by atomic mass is 10.2. The zero-order valence-electron chi connectivity index (χ0n) is 13.4. The summed E-state index contributed by atoms with van der Waals surface area (Å²) < 4.78 is 17.4. The maximum Gasteiger partial charge on any atom is 0.251 e. The summed E-state index contributed by atoms with van der Waals surface area (Å²) in [6, 6.07) is 5.00. The normalized spacial score (nSPS) is 12.4. The van der Waals surface area contributed by atoms with Crippen molar-refractivity contribution in [2.24, 2.45) is 0 Å². The van der Waals surface area contributed by atoms with Gasteiger partial charge >= 0.3 is 0 Å². The summed E-state index contributed by atoms with van der Waals surface area (Å²) in [5, 5.41) is 10.8. The van der Waals surface area contributed by atoms with Crippen LogP contribution in [-0.2, 0) is 13.1 Å². The molecule has 0 fully saturated rings. The van der Waals surface area contributed by atoms with Crippen LogP contribution in [0.1, 0.15) is 23.2 Å². The van der Waals surface area contributed by atoms with Gasteiger partial charge in [-0.15, -0.1) is 0 Å². The van der Waals surface area contributed by atoms with Crippen molar-refractivity contribution in [3.05, 3.63) is 42.0 Å². The van der Waals surface area contributed by atoms with Crippen LogP contribution in [0.25, 0.3) is 11.4 Å². The van der Waals surface area contributed by atoms with Crippen molar-refractivity contribution in [2.75, 3.05) is 6.79 Å². The standard InChI is InChI=1S/C16H15N5O4/c1-2-21-8-11(6-18-21)15-19-14(25-20-15)7-17-16(22)10-3-4-12-13(5-10)24-9-23-12/h3-6,8H,2,7,9H2,1H3,(H,17,22). The van der Waals surface area contributed by atoms with Crippen molar-refractivity contribution in [3.63, 3.8) is 0 Å². The van der Waals surface area contributed by atoms with E-state index in [9.17, 15) is 4.79 Å². The van der Waals surface area contributed by atoms with E-state index in [-0.39, 0.29) is 19.2 Å². The summed E-state index contributed by atoms with van der Waals surface area (Å²) in [7, 11) is 0. The molecule has 0 saturated carbocycles. The highest BCUT2D eigenvalue weighted by atomic mass is 16.7. The number of ether oxygens (including phenoxy) is 2. The van der Waals surface area contributed by atoms with E-state index in [0.29, 0.717) is 28.8 Å². The lowest BCUT2D eigenvalue weighted by molar-refractivity contribution is 0.0946. The van der Waals surface area contributed by atoms with E-state index in [1.165, 1.54) is 0 Å². The van der Waals surface area contributed by atoms with Gasteiger partial charge in [-0.2, -0.15) is 10.1 Å². The van der Waals surface area contributed by atoms with Crippen molar-refractivity contribution >= 4 is 5.91 Å². The summed E-state index contributed by atoms with van der Waals surface area (Å²) >= 11 is 0. The first-order valence-electron chi connectivity index (χ1n) is 7.76. The Labute approximate surface area is 142 Å². The van der Waals surface area contributed by atoms with E-state index in [4.69, 9.17) is 14.0 Å². The Morgan fingerprint density at radius 2 is 2.20 bits per heavy atom. The van der Waals surface area contributed by atoms with Gasteiger partial charge in [-0.1, -0.05) is 5.16 Å². The molecular weight excluding hydrogens is 326 g/mol. The highest BCUT2D eigenvalue weighted by Crippen LogP contribution is 2.32. The Hall–Kier alpha value is -3.36. The molecule has 1 aliphatic rings. The molecule has 128 valence electrons. The van der Waals surface area contributed by atoms with Crippen LogP contribution >= 0.6 is 0 Å². The van der Waals surface area contributed by atoms with Crippen LogP contribution in [0.3, 0.4) is 0 Å². The molecule has 2 aromatic heterocycles. The molecule has 25 heavy (non-hydrogen) atoms. The minimum atomic E-state index is -0.267. The lowest BCUT2D eigenvalue weighted by Crippen LogP contribution is -2.22. The number of hydrogen-bond acceptors (Lipinski definition) is 7. The molecule has 0 aliphatic carbocycles. The third-order valence-electron chi connectivity index (χ3n) is 3.72. The van der Waals surface area contributed by atoms with Crippen molar-refractivity contribution in [1.82, 2.24) is 25.2 Å². The second-order valence-electron chi connectivity index (χ2n) is 5.35. The van der Waals surface area contributed by atoms with Gasteiger partial charge in [0.15, 0.2) is 11.5 Å². The van der Waals surface area contributed by atoms with Crippen LogP contribution in [0, 0.1) is 0 Å². The number of fused-ring (bicyclic) bond motifs is 1. The van der Waals surface area contributed by atoms with Crippen molar-refractivity contribution in [3.8, 4) is 22.9 Å². The Morgan fingerprint density at radius 3 is 3.04 bits per heavy atom. The molecule has 0 atom stereocenters. The second-order valence-corrected chi connectivity index (χ2v) is 5.35. The highest BCUT2D eigenvalue weighted by Gasteiger charge is 2.17. The number of rotatable bonds is 5. The minimum absolute atomic E-state index is 0.127. The quantitative estimate of drug-likeness (QED) is 0.752. The number of nitrogens with zero attached hydrogens (tertiary/aromatic N) is 4. The number of benzene rings is 1. The van der Waals surface area contributed by atoms with Crippen molar-refractivity contribution < 1.29 is 18.8 Å². The van der Waals surface area contributed by atoms with Gasteiger partial charge in [-0.05, 0) is 25.1 Å². The Kier molecular flexibility index (Phi) is 3.81. The molecule has 3 heterocycles. The van der Waals surface area contributed by atoms with Gasteiger partial charge in [0.05, 0.1) is 18.3 Å². The summed E-state index contributed by atoms with van der Waals surface area (Å²) in [4.78, 5) is 16.5. The molecule has 3 aromatic rings. The van der Waals surface area contributed by atoms with E-state index >= 15 is 0 Å². The smallest absolute Gasteiger partial charge is 0.251 e. The number of amides is 1. The Bertz CT molecular complexity index is 917. The van der Waals surface area contributed by atoms with Gasteiger partial charge in [0.1, 0.15) is 0 Å². The predicted octanol–water partition coefficient (Wildman–Crippen LogP) is 1.61. The number of carbonyl (C=O) groups is 1. The van der Waals surface area contributed by atoms with Crippen molar-refractivity contribution in [1.29, 1.82) is 0 Å². The van der Waals surface area contributed by atoms with Crippen LogP contribution in [0.5, 0.6) is 11.5 Å². The Balaban J connectivity index is 1.40. The second kappa shape index (κ2) is 6.27. The molecule has 0 saturated heterocycles. The molecule has 1 aromatic carbocycles. The molecule has 1 N–H and O–H groups in total. The molecular formula is C16H15N5O4. The molecule has 0 bridgehead atoms. The monoisotopic (exact) mass is 341 g/mol. The topological polar surface area (TPSA) is 104 Å². The van der Waals surface area contributed by atoms with Crippen LogP contribution < -0.4 is 14.8 Å². The lowest BCUT2D eigenvalue weighted by Gasteiger charge is -2.03. The summed E-state index contributed by atoms with van der Waals surface area (Å²) in [5.41, 5.74) is 1.23. The number of carbonyl (C=O) groups excluding carboxylic acids is 1. The van der Waals surface area contributed by atoms with Crippen LogP contribution in [-0.4, -0.2) is 32.6 Å². The maximum atomic E-state index is 12.2. The zero-order chi connectivity index (χ0) is 17.2. The zero-order valence-corrected chi connectivity index (χ0v) is 13.4. The van der Waals surface area contributed by atoms with Gasteiger partial charge in [-0.25, -0.2) is 0 Å². The van der Waals surface area contributed by atoms with Crippen molar-refractivity contribution in [2.45, 2.75) is 20.0 Å². The van der Waals surface area contributed by atoms with Gasteiger partial charge in [0, 0.05) is 18.3 Å². The molecule has 0 unspecified atom stereocenters. The molecule has 0 spiro atoms. The summed E-state index contributed by atoms with van der Waals surface area (Å²) in [6.07, 6.45) is 3.50. The number of hydrogen-bond donors (Lipinski definition) is 1. The average molecular weight is 341 g/mol. The molecule has 1 aliphatic heterocycles. The van der Waals surface area contributed by atoms with E-state index in [2.05, 4.69) is 20.6 Å².